The molecule has 0 radical (unpaired) electrons. The Bertz CT molecular complexity index is 851. The maximum Gasteiger partial charge on any atom is 0.249 e. The first-order chi connectivity index (χ1) is 11.6. The van der Waals surface area contributed by atoms with E-state index in [1.165, 1.54) is 26.2 Å². The van der Waals surface area contributed by atoms with Crippen molar-refractivity contribution in [2.45, 2.75) is 12.5 Å². The highest BCUT2D eigenvalue weighted by Crippen LogP contribution is 2.25. The summed E-state index contributed by atoms with van der Waals surface area (Å²) in [5, 5.41) is 2.65. The third-order valence-electron chi connectivity index (χ3n) is 3.61. The van der Waals surface area contributed by atoms with Crippen LogP contribution in [0.3, 0.4) is 0 Å². The Morgan fingerprint density at radius 2 is 1.64 bits per heavy atom. The molecular weight excluding hydrogens is 347 g/mol. The summed E-state index contributed by atoms with van der Waals surface area (Å²) in [5.74, 6) is -0.468. The number of ether oxygens (including phenoxy) is 1. The van der Waals surface area contributed by atoms with E-state index in [1.54, 1.807) is 24.3 Å². The molecule has 0 unspecified atom stereocenters. The second-order valence-electron chi connectivity index (χ2n) is 5.69. The lowest BCUT2D eigenvalue weighted by molar-refractivity contribution is -0.121. The fraction of sp³-hybridized carbons (Fsp3) is 0.235. The van der Waals surface area contributed by atoms with Gasteiger partial charge in [0.1, 0.15) is 17.1 Å². The zero-order valence-corrected chi connectivity index (χ0v) is 14.9. The molecule has 8 heteroatoms. The highest BCUT2D eigenvalue weighted by Gasteiger charge is 2.38. The number of amides is 1. The second kappa shape index (κ2) is 7.20. The van der Waals surface area contributed by atoms with Crippen LogP contribution >= 0.6 is 0 Å². The van der Waals surface area contributed by atoms with Gasteiger partial charge < -0.3 is 10.1 Å². The van der Waals surface area contributed by atoms with Crippen molar-refractivity contribution in [3.63, 3.8) is 0 Å². The fourth-order valence-electron chi connectivity index (χ4n) is 2.32. The van der Waals surface area contributed by atoms with E-state index < -0.39 is 27.3 Å². The standard InChI is InChI=1S/C17H19FN2O4S/c1-17(20-25(3,22)23,12-4-6-13(18)7-5-12)16(21)19-14-8-10-15(24-2)11-9-14/h4-11,20H,1-3H3,(H,19,21)/t17-/m0/s1. The van der Waals surface area contributed by atoms with Crippen LogP contribution in [0.4, 0.5) is 10.1 Å². The van der Waals surface area contributed by atoms with Crippen molar-refractivity contribution in [3.05, 3.63) is 59.9 Å². The first kappa shape index (κ1) is 18.9. The van der Waals surface area contributed by atoms with Crippen LogP contribution < -0.4 is 14.8 Å². The van der Waals surface area contributed by atoms with Crippen LogP contribution in [0.25, 0.3) is 0 Å². The van der Waals surface area contributed by atoms with Crippen LogP contribution in [0, 0.1) is 5.82 Å². The summed E-state index contributed by atoms with van der Waals surface area (Å²) >= 11 is 0. The molecule has 0 bridgehead atoms. The smallest absolute Gasteiger partial charge is 0.249 e. The topological polar surface area (TPSA) is 84.5 Å². The Labute approximate surface area is 146 Å². The molecule has 0 aliphatic heterocycles. The van der Waals surface area contributed by atoms with Crippen molar-refractivity contribution in [1.82, 2.24) is 4.72 Å². The van der Waals surface area contributed by atoms with E-state index in [0.29, 0.717) is 17.0 Å². The Morgan fingerprint density at radius 3 is 2.12 bits per heavy atom. The maximum atomic E-state index is 13.2. The van der Waals surface area contributed by atoms with Gasteiger partial charge in [-0.15, -0.1) is 0 Å². The molecule has 0 aliphatic carbocycles. The van der Waals surface area contributed by atoms with Gasteiger partial charge in [-0.1, -0.05) is 12.1 Å². The summed E-state index contributed by atoms with van der Waals surface area (Å²) in [6, 6.07) is 11.6. The Hall–Kier alpha value is -2.45. The predicted octanol–water partition coefficient (Wildman–Crippen LogP) is 2.24. The van der Waals surface area contributed by atoms with E-state index in [1.807, 2.05) is 0 Å². The minimum atomic E-state index is -3.71. The molecule has 0 heterocycles. The molecule has 2 rings (SSSR count). The number of carbonyl (C=O) groups is 1. The van der Waals surface area contributed by atoms with Gasteiger partial charge in [-0.05, 0) is 48.9 Å². The Kier molecular flexibility index (Phi) is 5.44. The minimum absolute atomic E-state index is 0.310. The SMILES string of the molecule is COc1ccc(NC(=O)[C@@](C)(NS(C)(=O)=O)c2ccc(F)cc2)cc1. The Morgan fingerprint density at radius 1 is 1.08 bits per heavy atom. The molecule has 25 heavy (non-hydrogen) atoms. The van der Waals surface area contributed by atoms with Crippen molar-refractivity contribution in [1.29, 1.82) is 0 Å². The molecular formula is C17H19FN2O4S. The lowest BCUT2D eigenvalue weighted by Gasteiger charge is -2.29. The van der Waals surface area contributed by atoms with Crippen molar-refractivity contribution in [2.75, 3.05) is 18.7 Å². The molecule has 1 amide bonds. The number of hydrogen-bond acceptors (Lipinski definition) is 4. The van der Waals surface area contributed by atoms with Crippen LogP contribution in [0.2, 0.25) is 0 Å². The van der Waals surface area contributed by atoms with E-state index in [0.717, 1.165) is 18.4 Å². The van der Waals surface area contributed by atoms with Gasteiger partial charge in [-0.3, -0.25) is 4.79 Å². The highest BCUT2D eigenvalue weighted by atomic mass is 32.2. The van der Waals surface area contributed by atoms with Gasteiger partial charge in [-0.25, -0.2) is 12.8 Å². The zero-order chi connectivity index (χ0) is 18.7. The molecule has 0 saturated heterocycles. The predicted molar refractivity (Wildman–Crippen MR) is 93.4 cm³/mol. The fourth-order valence-corrected chi connectivity index (χ4v) is 3.27. The van der Waals surface area contributed by atoms with Gasteiger partial charge >= 0.3 is 0 Å². The van der Waals surface area contributed by atoms with Crippen molar-refractivity contribution in [2.24, 2.45) is 0 Å². The van der Waals surface area contributed by atoms with E-state index in [9.17, 15) is 17.6 Å². The highest BCUT2D eigenvalue weighted by molar-refractivity contribution is 7.88. The van der Waals surface area contributed by atoms with Crippen LogP contribution in [0.1, 0.15) is 12.5 Å². The molecule has 0 aliphatic rings. The number of sulfonamides is 1. The average molecular weight is 366 g/mol. The van der Waals surface area contributed by atoms with Crippen LogP contribution in [0.5, 0.6) is 5.75 Å². The van der Waals surface area contributed by atoms with E-state index in [4.69, 9.17) is 4.74 Å². The summed E-state index contributed by atoms with van der Waals surface area (Å²) in [6.07, 6.45) is 0.954. The first-order valence-corrected chi connectivity index (χ1v) is 9.24. The van der Waals surface area contributed by atoms with E-state index in [2.05, 4.69) is 10.0 Å². The molecule has 1 atom stereocenters. The minimum Gasteiger partial charge on any atom is -0.497 e. The number of hydrogen-bond donors (Lipinski definition) is 2. The normalized spacial score (nSPS) is 13.8. The quantitative estimate of drug-likeness (QED) is 0.821. The lowest BCUT2D eigenvalue weighted by atomic mass is 9.92. The van der Waals surface area contributed by atoms with Gasteiger partial charge in [0.2, 0.25) is 15.9 Å². The molecule has 2 aromatic rings. The molecule has 0 spiro atoms. The van der Waals surface area contributed by atoms with Crippen molar-refractivity contribution in [3.8, 4) is 5.75 Å². The zero-order valence-electron chi connectivity index (χ0n) is 14.0. The molecule has 134 valence electrons. The number of benzene rings is 2. The van der Waals surface area contributed by atoms with Crippen molar-refractivity contribution < 1.29 is 22.3 Å². The molecule has 2 N–H and O–H groups in total. The summed E-state index contributed by atoms with van der Waals surface area (Å²) < 4.78 is 44.0. The first-order valence-electron chi connectivity index (χ1n) is 7.34. The summed E-state index contributed by atoms with van der Waals surface area (Å²) in [7, 11) is -2.19. The van der Waals surface area contributed by atoms with E-state index >= 15 is 0 Å². The van der Waals surface area contributed by atoms with Gasteiger partial charge in [0.05, 0.1) is 13.4 Å². The van der Waals surface area contributed by atoms with Crippen molar-refractivity contribution >= 4 is 21.6 Å². The van der Waals surface area contributed by atoms with Gasteiger partial charge in [0.25, 0.3) is 0 Å². The number of anilines is 1. The van der Waals surface area contributed by atoms with Gasteiger partial charge in [0, 0.05) is 5.69 Å². The number of carbonyl (C=O) groups excluding carboxylic acids is 1. The Balaban J connectivity index is 2.36. The van der Waals surface area contributed by atoms with Crippen LogP contribution in [0.15, 0.2) is 48.5 Å². The molecule has 0 fully saturated rings. The number of halogens is 1. The summed E-state index contributed by atoms with van der Waals surface area (Å²) in [6.45, 7) is 1.42. The molecule has 0 saturated carbocycles. The maximum absolute atomic E-state index is 13.2. The number of rotatable bonds is 6. The molecule has 0 aromatic heterocycles. The van der Waals surface area contributed by atoms with Gasteiger partial charge in [-0.2, -0.15) is 4.72 Å². The number of methoxy groups -OCH3 is 1. The molecule has 2 aromatic carbocycles. The van der Waals surface area contributed by atoms with Crippen LogP contribution in [-0.2, 0) is 20.4 Å². The third kappa shape index (κ3) is 4.77. The third-order valence-corrected chi connectivity index (χ3v) is 4.39. The molecule has 6 nitrogen and oxygen atoms in total. The number of nitrogens with one attached hydrogen (secondary N) is 2. The summed E-state index contributed by atoms with van der Waals surface area (Å²) in [4.78, 5) is 12.8. The summed E-state index contributed by atoms with van der Waals surface area (Å²) in [5.41, 5.74) is -0.832. The average Bonchev–Trinajstić information content (AvgIpc) is 2.54. The van der Waals surface area contributed by atoms with E-state index in [-0.39, 0.29) is 0 Å². The van der Waals surface area contributed by atoms with Crippen LogP contribution in [-0.4, -0.2) is 27.7 Å². The largest absolute Gasteiger partial charge is 0.497 e. The van der Waals surface area contributed by atoms with Gasteiger partial charge in [0.15, 0.2) is 0 Å². The monoisotopic (exact) mass is 366 g/mol. The second-order valence-corrected chi connectivity index (χ2v) is 7.44. The lowest BCUT2D eigenvalue weighted by Crippen LogP contribution is -2.51.